The molecule has 0 radical (unpaired) electrons. The van der Waals surface area contributed by atoms with Gasteiger partial charge in [0.25, 0.3) is 0 Å². The monoisotopic (exact) mass is 997 g/mol. The third-order valence-corrected chi connectivity index (χ3v) is 13.2. The van der Waals surface area contributed by atoms with Gasteiger partial charge in [0.2, 0.25) is 0 Å². The molecule has 1 heterocycles. The Morgan fingerprint density at radius 1 is 0.378 bits per heavy atom. The summed E-state index contributed by atoms with van der Waals surface area (Å²) in [4.78, 5) is 3.36. The Labute approximate surface area is 433 Å². The lowest BCUT2D eigenvalue weighted by Gasteiger charge is -2.51. The Kier molecular flexibility index (Phi) is 19.6. The Morgan fingerprint density at radius 2 is 0.676 bits per heavy atom. The molecular formula is C61H63N3O10. The second-order valence-corrected chi connectivity index (χ2v) is 18.4. The normalized spacial score (nSPS) is 24.7. The third-order valence-electron chi connectivity index (χ3n) is 13.2. The van der Waals surface area contributed by atoms with Crippen LogP contribution in [0.2, 0.25) is 0 Å². The van der Waals surface area contributed by atoms with Crippen molar-refractivity contribution in [1.82, 2.24) is 0 Å². The molecule has 74 heavy (non-hydrogen) atoms. The lowest BCUT2D eigenvalue weighted by Crippen LogP contribution is -2.69. The molecule has 1 aliphatic carbocycles. The lowest BCUT2D eigenvalue weighted by atomic mass is 9.83. The Hall–Kier alpha value is -6.55. The van der Waals surface area contributed by atoms with Gasteiger partial charge in [0.05, 0.1) is 52.9 Å². The van der Waals surface area contributed by atoms with Crippen LogP contribution in [0.4, 0.5) is 0 Å². The van der Waals surface area contributed by atoms with Gasteiger partial charge in [-0.1, -0.05) is 217 Å². The summed E-state index contributed by atoms with van der Waals surface area (Å²) in [5.41, 5.74) is 16.8. The minimum absolute atomic E-state index is 0.0462. The zero-order chi connectivity index (χ0) is 50.6. The molecule has 2 fully saturated rings. The van der Waals surface area contributed by atoms with E-state index in [4.69, 9.17) is 42.6 Å². The molecule has 2 aliphatic rings. The first kappa shape index (κ1) is 52.3. The number of hydrogen-bond donors (Lipinski definition) is 1. The SMILES string of the molecule is [N-]=[N+]=N[C@H]1[C@H](O[C@H]2[C@H](O)[C@@H](OCc3ccccc3)[C@H](OCc3ccccc3)[C@H](OCc3ccccc3)[C@H]2OCc2ccccc2)O[C@H](COCc2ccccc2)[C@H](OCc2ccccc2)[C@@H]1OCc1ccccc1. The van der Waals surface area contributed by atoms with Crippen LogP contribution < -0.4 is 0 Å². The summed E-state index contributed by atoms with van der Waals surface area (Å²) in [5.74, 6) is 0. The molecule has 0 spiro atoms. The zero-order valence-electron chi connectivity index (χ0n) is 41.2. The number of ether oxygens (including phenoxy) is 9. The van der Waals surface area contributed by atoms with Crippen LogP contribution in [0.1, 0.15) is 38.9 Å². The Morgan fingerprint density at radius 3 is 1.04 bits per heavy atom. The first-order chi connectivity index (χ1) is 36.6. The average molecular weight is 998 g/mol. The molecule has 7 aromatic carbocycles. The molecule has 0 bridgehead atoms. The molecule has 0 aromatic heterocycles. The highest BCUT2D eigenvalue weighted by Gasteiger charge is 2.57. The fraction of sp³-hybridized carbons (Fsp3) is 0.311. The van der Waals surface area contributed by atoms with Crippen LogP contribution in [-0.2, 0) is 88.9 Å². The van der Waals surface area contributed by atoms with E-state index in [2.05, 4.69) is 10.0 Å². The van der Waals surface area contributed by atoms with Crippen molar-refractivity contribution in [1.29, 1.82) is 0 Å². The highest BCUT2D eigenvalue weighted by Crippen LogP contribution is 2.38. The van der Waals surface area contributed by atoms with Crippen molar-refractivity contribution in [2.45, 2.75) is 114 Å². The molecule has 1 N–H and O–H groups in total. The van der Waals surface area contributed by atoms with E-state index in [1.807, 2.05) is 212 Å². The average Bonchev–Trinajstić information content (AvgIpc) is 3.46. The van der Waals surface area contributed by atoms with Gasteiger partial charge in [-0.15, -0.1) is 0 Å². The molecule has 1 saturated heterocycles. The quantitative estimate of drug-likeness (QED) is 0.0333. The van der Waals surface area contributed by atoms with Crippen molar-refractivity contribution < 1.29 is 47.7 Å². The summed E-state index contributed by atoms with van der Waals surface area (Å²) < 4.78 is 62.0. The fourth-order valence-corrected chi connectivity index (χ4v) is 9.39. The van der Waals surface area contributed by atoms with Crippen LogP contribution in [0, 0.1) is 0 Å². The predicted octanol–water partition coefficient (Wildman–Crippen LogP) is 10.9. The molecule has 9 rings (SSSR count). The molecule has 13 heteroatoms. The first-order valence-corrected chi connectivity index (χ1v) is 25.2. The molecule has 11 atom stereocenters. The van der Waals surface area contributed by atoms with E-state index in [9.17, 15) is 10.6 Å². The predicted molar refractivity (Wildman–Crippen MR) is 279 cm³/mol. The van der Waals surface area contributed by atoms with Gasteiger partial charge < -0.3 is 47.7 Å². The summed E-state index contributed by atoms with van der Waals surface area (Å²) in [6, 6.07) is 67.4. The number of hydrogen-bond acceptors (Lipinski definition) is 11. The summed E-state index contributed by atoms with van der Waals surface area (Å²) in [7, 11) is 0. The van der Waals surface area contributed by atoms with Crippen molar-refractivity contribution in [2.24, 2.45) is 5.11 Å². The van der Waals surface area contributed by atoms with E-state index in [0.717, 1.165) is 38.9 Å². The largest absolute Gasteiger partial charge is 0.387 e. The van der Waals surface area contributed by atoms with Crippen LogP contribution in [0.15, 0.2) is 217 Å². The fourth-order valence-electron chi connectivity index (χ4n) is 9.39. The number of rotatable bonds is 25. The highest BCUT2D eigenvalue weighted by molar-refractivity contribution is 5.20. The van der Waals surface area contributed by atoms with E-state index >= 15 is 0 Å². The van der Waals surface area contributed by atoms with E-state index in [0.29, 0.717) is 0 Å². The third kappa shape index (κ3) is 14.6. The number of benzene rings is 7. The summed E-state index contributed by atoms with van der Waals surface area (Å²) >= 11 is 0. The van der Waals surface area contributed by atoms with Crippen molar-refractivity contribution in [3.63, 3.8) is 0 Å². The van der Waals surface area contributed by atoms with Gasteiger partial charge in [-0.25, -0.2) is 0 Å². The molecule has 1 saturated carbocycles. The van der Waals surface area contributed by atoms with Crippen LogP contribution in [0.25, 0.3) is 10.4 Å². The highest BCUT2D eigenvalue weighted by atomic mass is 16.7. The number of aliphatic hydroxyl groups is 1. The molecule has 7 aromatic rings. The maximum absolute atomic E-state index is 13.1. The number of azide groups is 1. The Bertz CT molecular complexity index is 2710. The van der Waals surface area contributed by atoms with Gasteiger partial charge in [-0.05, 0) is 44.5 Å². The second-order valence-electron chi connectivity index (χ2n) is 18.4. The molecular weight excluding hydrogens is 935 g/mol. The van der Waals surface area contributed by atoms with Crippen molar-refractivity contribution in [2.75, 3.05) is 6.61 Å². The summed E-state index contributed by atoms with van der Waals surface area (Å²) in [6.07, 6.45) is -10.5. The molecule has 1 aliphatic heterocycles. The molecule has 0 amide bonds. The topological polar surface area (TPSA) is 152 Å². The standard InChI is InChI=1S/C61H63N3O10/c62-64-63-52-55(68-38-46-26-12-3-13-27-46)54(67-37-45-24-10-2-11-25-45)51(43-66-36-44-22-8-1-9-23-44)73-61(52)74-57-53(65)56(69-39-47-28-14-4-15-29-47)58(70-40-48-30-16-5-17-31-48)60(72-42-50-34-20-7-21-35-50)59(57)71-41-49-32-18-6-19-33-49/h1-35,51-61,65H,36-43H2/t51-,52-,53-,54+,55-,56-,57+,58+,59+,60+,61+/m1/s1. The van der Waals surface area contributed by atoms with Crippen molar-refractivity contribution in [3.8, 4) is 0 Å². The lowest BCUT2D eigenvalue weighted by molar-refractivity contribution is -0.338. The van der Waals surface area contributed by atoms with Crippen LogP contribution in [0.5, 0.6) is 0 Å². The zero-order valence-corrected chi connectivity index (χ0v) is 41.2. The van der Waals surface area contributed by atoms with E-state index < -0.39 is 67.3 Å². The smallest absolute Gasteiger partial charge is 0.169 e. The van der Waals surface area contributed by atoms with Gasteiger partial charge in [0, 0.05) is 4.91 Å². The molecule has 382 valence electrons. The van der Waals surface area contributed by atoms with Crippen LogP contribution in [0.3, 0.4) is 0 Å². The van der Waals surface area contributed by atoms with E-state index in [1.165, 1.54) is 0 Å². The van der Waals surface area contributed by atoms with E-state index in [-0.39, 0.29) is 52.9 Å². The summed E-state index contributed by atoms with van der Waals surface area (Å²) in [5, 5.41) is 17.5. The van der Waals surface area contributed by atoms with Crippen molar-refractivity contribution >= 4 is 0 Å². The first-order valence-electron chi connectivity index (χ1n) is 25.2. The van der Waals surface area contributed by atoms with Gasteiger partial charge in [-0.3, -0.25) is 0 Å². The van der Waals surface area contributed by atoms with Gasteiger partial charge >= 0.3 is 0 Å². The number of nitrogens with zero attached hydrogens (tertiary/aromatic N) is 3. The maximum Gasteiger partial charge on any atom is 0.169 e. The second kappa shape index (κ2) is 27.7. The minimum atomic E-state index is -1.42. The minimum Gasteiger partial charge on any atom is -0.387 e. The maximum atomic E-state index is 13.1. The van der Waals surface area contributed by atoms with Crippen LogP contribution in [-0.4, -0.2) is 79.0 Å². The van der Waals surface area contributed by atoms with Crippen LogP contribution >= 0.6 is 0 Å². The van der Waals surface area contributed by atoms with Crippen molar-refractivity contribution in [3.05, 3.63) is 262 Å². The molecule has 0 unspecified atom stereocenters. The van der Waals surface area contributed by atoms with Gasteiger partial charge in [-0.2, -0.15) is 0 Å². The van der Waals surface area contributed by atoms with Gasteiger partial charge in [0.1, 0.15) is 61.0 Å². The molecule has 13 nitrogen and oxygen atoms in total. The number of aliphatic hydroxyl groups excluding tert-OH is 1. The van der Waals surface area contributed by atoms with E-state index in [1.54, 1.807) is 0 Å². The Balaban J connectivity index is 1.11. The summed E-state index contributed by atoms with van der Waals surface area (Å²) in [6.45, 7) is 1.31. The van der Waals surface area contributed by atoms with Gasteiger partial charge in [0.15, 0.2) is 6.29 Å².